The number of hydrogen-bond acceptors (Lipinski definition) is 2. The van der Waals surface area contributed by atoms with Crippen molar-refractivity contribution in [2.24, 2.45) is 0 Å². The van der Waals surface area contributed by atoms with Gasteiger partial charge in [0.15, 0.2) is 6.61 Å². The molecule has 116 valence electrons. The van der Waals surface area contributed by atoms with Crippen LogP contribution in [0.2, 0.25) is 0 Å². The summed E-state index contributed by atoms with van der Waals surface area (Å²) in [6.07, 6.45) is 0. The number of amides is 1. The number of carbonyl (C=O) groups is 1. The molecule has 0 radical (unpaired) electrons. The van der Waals surface area contributed by atoms with E-state index in [0.717, 1.165) is 30.2 Å². The molecule has 0 atom stereocenters. The van der Waals surface area contributed by atoms with Gasteiger partial charge in [-0.05, 0) is 71.2 Å². The summed E-state index contributed by atoms with van der Waals surface area (Å²) in [5.41, 5.74) is 2.72. The molecule has 0 saturated heterocycles. The van der Waals surface area contributed by atoms with Crippen molar-refractivity contribution in [3.8, 4) is 5.75 Å². The molecule has 6 heteroatoms. The monoisotopic (exact) mass is 489 g/mol. The van der Waals surface area contributed by atoms with Gasteiger partial charge in [-0.25, -0.2) is 0 Å². The zero-order chi connectivity index (χ0) is 16.3. The van der Waals surface area contributed by atoms with Gasteiger partial charge in [0, 0.05) is 14.6 Å². The van der Waals surface area contributed by atoms with Crippen LogP contribution in [0.3, 0.4) is 0 Å². The van der Waals surface area contributed by atoms with E-state index in [1.54, 1.807) is 0 Å². The van der Waals surface area contributed by atoms with Gasteiger partial charge in [-0.15, -0.1) is 0 Å². The average Bonchev–Trinajstić information content (AvgIpc) is 2.40. The Morgan fingerprint density at radius 2 is 1.73 bits per heavy atom. The first-order chi connectivity index (χ1) is 10.4. The SMILES string of the molecule is Cc1cc(Br)ccc1NC(=O)COc1c(C)cc(Br)cc1Br. The number of aryl methyl sites for hydroxylation is 2. The van der Waals surface area contributed by atoms with Gasteiger partial charge >= 0.3 is 0 Å². The third kappa shape index (κ3) is 4.57. The molecule has 3 nitrogen and oxygen atoms in total. The largest absolute Gasteiger partial charge is 0.482 e. The molecule has 2 aromatic rings. The molecule has 0 unspecified atom stereocenters. The van der Waals surface area contributed by atoms with Crippen molar-refractivity contribution in [2.75, 3.05) is 11.9 Å². The van der Waals surface area contributed by atoms with E-state index in [0.29, 0.717) is 5.75 Å². The van der Waals surface area contributed by atoms with Crippen LogP contribution in [0.25, 0.3) is 0 Å². The summed E-state index contributed by atoms with van der Waals surface area (Å²) < 4.78 is 8.38. The topological polar surface area (TPSA) is 38.3 Å². The standard InChI is InChI=1S/C16H14Br3NO2/c1-9-5-11(17)3-4-14(9)20-15(21)8-22-16-10(2)6-12(18)7-13(16)19/h3-7H,8H2,1-2H3,(H,20,21). The lowest BCUT2D eigenvalue weighted by Gasteiger charge is -2.13. The third-order valence-electron chi connectivity index (χ3n) is 3.00. The molecule has 22 heavy (non-hydrogen) atoms. The summed E-state index contributed by atoms with van der Waals surface area (Å²) in [6, 6.07) is 9.53. The van der Waals surface area contributed by atoms with Crippen molar-refractivity contribution >= 4 is 59.4 Å². The number of ether oxygens (including phenoxy) is 1. The first-order valence-electron chi connectivity index (χ1n) is 6.51. The molecule has 0 aromatic heterocycles. The lowest BCUT2D eigenvalue weighted by Crippen LogP contribution is -2.21. The molecule has 0 saturated carbocycles. The normalized spacial score (nSPS) is 10.4. The summed E-state index contributed by atoms with van der Waals surface area (Å²) in [4.78, 5) is 12.0. The Morgan fingerprint density at radius 3 is 2.36 bits per heavy atom. The lowest BCUT2D eigenvalue weighted by molar-refractivity contribution is -0.118. The van der Waals surface area contributed by atoms with Crippen molar-refractivity contribution in [1.29, 1.82) is 0 Å². The zero-order valence-electron chi connectivity index (χ0n) is 12.0. The molecule has 2 rings (SSSR count). The average molecular weight is 492 g/mol. The number of carbonyl (C=O) groups excluding carboxylic acids is 1. The molecular weight excluding hydrogens is 478 g/mol. The fraction of sp³-hybridized carbons (Fsp3) is 0.188. The molecule has 1 amide bonds. The summed E-state index contributed by atoms with van der Waals surface area (Å²) in [6.45, 7) is 3.83. The molecule has 2 aromatic carbocycles. The maximum atomic E-state index is 12.0. The Bertz CT molecular complexity index is 694. The molecule has 0 heterocycles. The quantitative estimate of drug-likeness (QED) is 0.604. The van der Waals surface area contributed by atoms with Gasteiger partial charge in [0.25, 0.3) is 5.91 Å². The molecule has 0 aliphatic heterocycles. The second-order valence-corrected chi connectivity index (χ2v) is 7.52. The van der Waals surface area contributed by atoms with Gasteiger partial charge in [0.05, 0.1) is 4.47 Å². The highest BCUT2D eigenvalue weighted by Crippen LogP contribution is 2.32. The van der Waals surface area contributed by atoms with E-state index in [1.807, 2.05) is 44.2 Å². The minimum Gasteiger partial charge on any atom is -0.482 e. The first kappa shape index (κ1) is 17.5. The molecule has 0 fully saturated rings. The van der Waals surface area contributed by atoms with Crippen molar-refractivity contribution in [1.82, 2.24) is 0 Å². The first-order valence-corrected chi connectivity index (χ1v) is 8.89. The van der Waals surface area contributed by atoms with Crippen LogP contribution < -0.4 is 10.1 Å². The van der Waals surface area contributed by atoms with Crippen LogP contribution in [0.5, 0.6) is 5.75 Å². The van der Waals surface area contributed by atoms with Crippen LogP contribution in [0, 0.1) is 13.8 Å². The number of nitrogens with one attached hydrogen (secondary N) is 1. The van der Waals surface area contributed by atoms with E-state index in [9.17, 15) is 4.79 Å². The van der Waals surface area contributed by atoms with Crippen molar-refractivity contribution in [3.63, 3.8) is 0 Å². The highest BCUT2D eigenvalue weighted by Gasteiger charge is 2.10. The molecule has 0 aliphatic carbocycles. The lowest BCUT2D eigenvalue weighted by atomic mass is 10.2. The van der Waals surface area contributed by atoms with Crippen LogP contribution in [0.1, 0.15) is 11.1 Å². The molecule has 1 N–H and O–H groups in total. The Labute approximate surface area is 154 Å². The van der Waals surface area contributed by atoms with Crippen LogP contribution in [0.15, 0.2) is 43.7 Å². The molecular formula is C16H14Br3NO2. The van der Waals surface area contributed by atoms with E-state index >= 15 is 0 Å². The van der Waals surface area contributed by atoms with Crippen molar-refractivity contribution in [2.45, 2.75) is 13.8 Å². The summed E-state index contributed by atoms with van der Waals surface area (Å²) in [5.74, 6) is 0.477. The van der Waals surface area contributed by atoms with Crippen molar-refractivity contribution < 1.29 is 9.53 Å². The van der Waals surface area contributed by atoms with Crippen LogP contribution in [0.4, 0.5) is 5.69 Å². The smallest absolute Gasteiger partial charge is 0.262 e. The Balaban J connectivity index is 2.02. The molecule has 0 aliphatic rings. The summed E-state index contributed by atoms with van der Waals surface area (Å²) in [7, 11) is 0. The third-order valence-corrected chi connectivity index (χ3v) is 4.54. The van der Waals surface area contributed by atoms with Crippen molar-refractivity contribution in [3.05, 3.63) is 54.9 Å². The van der Waals surface area contributed by atoms with E-state index in [1.165, 1.54) is 0 Å². The Morgan fingerprint density at radius 1 is 1.05 bits per heavy atom. The second-order valence-electron chi connectivity index (χ2n) is 4.83. The fourth-order valence-electron chi connectivity index (χ4n) is 1.96. The number of anilines is 1. The van der Waals surface area contributed by atoms with Crippen LogP contribution >= 0.6 is 47.8 Å². The van der Waals surface area contributed by atoms with E-state index in [4.69, 9.17) is 4.74 Å². The van der Waals surface area contributed by atoms with E-state index < -0.39 is 0 Å². The van der Waals surface area contributed by atoms with Gasteiger partial charge in [0.2, 0.25) is 0 Å². The van der Waals surface area contributed by atoms with Crippen LogP contribution in [-0.4, -0.2) is 12.5 Å². The van der Waals surface area contributed by atoms with Crippen LogP contribution in [-0.2, 0) is 4.79 Å². The molecule has 0 bridgehead atoms. The zero-order valence-corrected chi connectivity index (χ0v) is 16.8. The summed E-state index contributed by atoms with van der Waals surface area (Å²) >= 11 is 10.3. The maximum absolute atomic E-state index is 12.0. The molecule has 0 spiro atoms. The highest BCUT2D eigenvalue weighted by molar-refractivity contribution is 9.11. The summed E-state index contributed by atoms with van der Waals surface area (Å²) in [5, 5.41) is 2.85. The van der Waals surface area contributed by atoms with E-state index in [-0.39, 0.29) is 12.5 Å². The highest BCUT2D eigenvalue weighted by atomic mass is 79.9. The van der Waals surface area contributed by atoms with Gasteiger partial charge in [-0.3, -0.25) is 4.79 Å². The minimum absolute atomic E-state index is 0.0451. The minimum atomic E-state index is -0.195. The maximum Gasteiger partial charge on any atom is 0.262 e. The van der Waals surface area contributed by atoms with E-state index in [2.05, 4.69) is 53.1 Å². The Hall–Kier alpha value is -0.850. The van der Waals surface area contributed by atoms with Gasteiger partial charge < -0.3 is 10.1 Å². The number of hydrogen-bond donors (Lipinski definition) is 1. The second kappa shape index (κ2) is 7.62. The van der Waals surface area contributed by atoms with Gasteiger partial charge in [0.1, 0.15) is 5.75 Å². The number of halogens is 3. The predicted molar refractivity (Wildman–Crippen MR) is 99.6 cm³/mol. The fourth-order valence-corrected chi connectivity index (χ4v) is 3.99. The number of benzene rings is 2. The Kier molecular flexibility index (Phi) is 6.06. The predicted octanol–water partition coefficient (Wildman–Crippen LogP) is 5.61. The van der Waals surface area contributed by atoms with Gasteiger partial charge in [-0.1, -0.05) is 31.9 Å². The number of rotatable bonds is 4. The van der Waals surface area contributed by atoms with Gasteiger partial charge in [-0.2, -0.15) is 0 Å².